The highest BCUT2D eigenvalue weighted by Gasteiger charge is 2.28. The molecule has 0 bridgehead atoms. The van der Waals surface area contributed by atoms with Crippen LogP contribution >= 0.6 is 23.2 Å². The Kier molecular flexibility index (Phi) is 6.67. The maximum absolute atomic E-state index is 12.5. The van der Waals surface area contributed by atoms with E-state index in [-0.39, 0.29) is 6.03 Å². The quantitative estimate of drug-likeness (QED) is 0.821. The van der Waals surface area contributed by atoms with Gasteiger partial charge in [0.2, 0.25) is 0 Å². The molecule has 2 fully saturated rings. The molecule has 1 aromatic carbocycles. The lowest BCUT2D eigenvalue weighted by Gasteiger charge is -2.39. The second kappa shape index (κ2) is 8.79. The molecule has 3 rings (SSSR count). The standard InChI is InChI=1S/C19H27Cl2N3O2/c1-13-10-23(11-14(2)26-13)12-15-3-5-24(6-4-15)19(25)22-18-8-16(20)7-17(21)9-18/h7-9,13-15H,3-6,10-12H2,1-2H3,(H,22,25). The van der Waals surface area contributed by atoms with E-state index in [1.165, 1.54) is 0 Å². The fraction of sp³-hybridized carbons (Fsp3) is 0.632. The number of likely N-dealkylation sites (tertiary alicyclic amines) is 1. The third-order valence-electron chi connectivity index (χ3n) is 5.03. The van der Waals surface area contributed by atoms with Crippen molar-refractivity contribution in [2.75, 3.05) is 38.0 Å². The van der Waals surface area contributed by atoms with Crippen LogP contribution < -0.4 is 5.32 Å². The van der Waals surface area contributed by atoms with Gasteiger partial charge in [-0.05, 0) is 50.8 Å². The second-order valence-electron chi connectivity index (χ2n) is 7.49. The second-order valence-corrected chi connectivity index (χ2v) is 8.37. The first-order chi connectivity index (χ1) is 12.4. The van der Waals surface area contributed by atoms with Gasteiger partial charge in [0, 0.05) is 48.5 Å². The number of carbonyl (C=O) groups is 1. The molecular formula is C19H27Cl2N3O2. The van der Waals surface area contributed by atoms with E-state index in [4.69, 9.17) is 27.9 Å². The Bertz CT molecular complexity index is 605. The summed E-state index contributed by atoms with van der Waals surface area (Å²) < 4.78 is 5.81. The third kappa shape index (κ3) is 5.49. The summed E-state index contributed by atoms with van der Waals surface area (Å²) in [7, 11) is 0. The van der Waals surface area contributed by atoms with Crippen molar-refractivity contribution in [1.29, 1.82) is 0 Å². The maximum Gasteiger partial charge on any atom is 0.321 e. The van der Waals surface area contributed by atoms with Gasteiger partial charge in [0.1, 0.15) is 0 Å². The van der Waals surface area contributed by atoms with Crippen LogP contribution in [0.25, 0.3) is 0 Å². The Morgan fingerprint density at radius 1 is 1.12 bits per heavy atom. The number of nitrogens with one attached hydrogen (secondary N) is 1. The number of rotatable bonds is 3. The van der Waals surface area contributed by atoms with Crippen molar-refractivity contribution in [3.8, 4) is 0 Å². The molecular weight excluding hydrogens is 373 g/mol. The minimum Gasteiger partial charge on any atom is -0.373 e. The lowest BCUT2D eigenvalue weighted by atomic mass is 9.96. The smallest absolute Gasteiger partial charge is 0.321 e. The predicted molar refractivity (Wildman–Crippen MR) is 106 cm³/mol. The van der Waals surface area contributed by atoms with E-state index in [0.717, 1.165) is 45.6 Å². The number of anilines is 1. The van der Waals surface area contributed by atoms with Gasteiger partial charge in [-0.25, -0.2) is 4.79 Å². The maximum atomic E-state index is 12.5. The van der Waals surface area contributed by atoms with Gasteiger partial charge in [0.05, 0.1) is 12.2 Å². The Hall–Kier alpha value is -1.01. The normalized spacial score (nSPS) is 25.3. The van der Waals surface area contributed by atoms with Gasteiger partial charge >= 0.3 is 6.03 Å². The summed E-state index contributed by atoms with van der Waals surface area (Å²) in [6.45, 7) is 8.93. The van der Waals surface area contributed by atoms with Crippen molar-refractivity contribution in [3.05, 3.63) is 28.2 Å². The third-order valence-corrected chi connectivity index (χ3v) is 5.46. The van der Waals surface area contributed by atoms with Crippen LogP contribution in [-0.2, 0) is 4.74 Å². The minimum absolute atomic E-state index is 0.0876. The molecule has 0 spiro atoms. The average Bonchev–Trinajstić information content (AvgIpc) is 2.53. The lowest BCUT2D eigenvalue weighted by molar-refractivity contribution is -0.0728. The summed E-state index contributed by atoms with van der Waals surface area (Å²) in [6.07, 6.45) is 2.66. The molecule has 2 amide bonds. The van der Waals surface area contributed by atoms with Crippen LogP contribution in [0.15, 0.2) is 18.2 Å². The van der Waals surface area contributed by atoms with Crippen LogP contribution in [0.4, 0.5) is 10.5 Å². The highest BCUT2D eigenvalue weighted by molar-refractivity contribution is 6.35. The van der Waals surface area contributed by atoms with E-state index < -0.39 is 0 Å². The molecule has 7 heteroatoms. The summed E-state index contributed by atoms with van der Waals surface area (Å²) in [5.41, 5.74) is 0.630. The van der Waals surface area contributed by atoms with Crippen LogP contribution in [0.2, 0.25) is 10.0 Å². The SMILES string of the molecule is CC1CN(CC2CCN(C(=O)Nc3cc(Cl)cc(Cl)c3)CC2)CC(C)O1. The molecule has 144 valence electrons. The number of urea groups is 1. The van der Waals surface area contributed by atoms with E-state index >= 15 is 0 Å². The van der Waals surface area contributed by atoms with Crippen molar-refractivity contribution < 1.29 is 9.53 Å². The van der Waals surface area contributed by atoms with Gasteiger partial charge < -0.3 is 15.0 Å². The molecule has 1 aromatic rings. The number of halogens is 2. The fourth-order valence-corrected chi connectivity index (χ4v) is 4.47. The van der Waals surface area contributed by atoms with E-state index in [2.05, 4.69) is 24.1 Å². The molecule has 2 unspecified atom stereocenters. The van der Waals surface area contributed by atoms with Gasteiger partial charge in [-0.1, -0.05) is 23.2 Å². The average molecular weight is 400 g/mol. The molecule has 1 N–H and O–H groups in total. The summed E-state index contributed by atoms with van der Waals surface area (Å²) >= 11 is 12.0. The number of morpholine rings is 1. The van der Waals surface area contributed by atoms with E-state index in [1.807, 2.05) is 4.90 Å². The molecule has 0 aliphatic carbocycles. The Morgan fingerprint density at radius 2 is 1.69 bits per heavy atom. The Balaban J connectivity index is 1.46. The van der Waals surface area contributed by atoms with Crippen LogP contribution in [0.5, 0.6) is 0 Å². The Morgan fingerprint density at radius 3 is 2.27 bits per heavy atom. The first kappa shape index (κ1) is 19.7. The number of hydrogen-bond donors (Lipinski definition) is 1. The van der Waals surface area contributed by atoms with Gasteiger partial charge in [0.15, 0.2) is 0 Å². The summed E-state index contributed by atoms with van der Waals surface area (Å²) in [5.74, 6) is 0.636. The number of benzene rings is 1. The zero-order valence-corrected chi connectivity index (χ0v) is 16.9. The van der Waals surface area contributed by atoms with Crippen LogP contribution in [-0.4, -0.2) is 60.8 Å². The Labute approximate surface area is 165 Å². The largest absolute Gasteiger partial charge is 0.373 e. The summed E-state index contributed by atoms with van der Waals surface area (Å²) in [4.78, 5) is 16.9. The molecule has 5 nitrogen and oxygen atoms in total. The number of carbonyl (C=O) groups excluding carboxylic acids is 1. The van der Waals surface area contributed by atoms with Gasteiger partial charge in [-0.15, -0.1) is 0 Å². The van der Waals surface area contributed by atoms with Gasteiger partial charge in [-0.2, -0.15) is 0 Å². The monoisotopic (exact) mass is 399 g/mol. The fourth-order valence-electron chi connectivity index (χ4n) is 3.95. The van der Waals surface area contributed by atoms with Crippen molar-refractivity contribution in [2.45, 2.75) is 38.9 Å². The van der Waals surface area contributed by atoms with E-state index in [1.54, 1.807) is 18.2 Å². The topological polar surface area (TPSA) is 44.8 Å². The van der Waals surface area contributed by atoms with Crippen molar-refractivity contribution in [3.63, 3.8) is 0 Å². The van der Waals surface area contributed by atoms with E-state index in [9.17, 15) is 4.79 Å². The number of hydrogen-bond acceptors (Lipinski definition) is 3. The van der Waals surface area contributed by atoms with Crippen molar-refractivity contribution >= 4 is 34.9 Å². The number of amides is 2. The zero-order valence-electron chi connectivity index (χ0n) is 15.4. The molecule has 2 aliphatic heterocycles. The first-order valence-corrected chi connectivity index (χ1v) is 10.0. The molecule has 2 atom stereocenters. The molecule has 0 saturated carbocycles. The summed E-state index contributed by atoms with van der Waals surface area (Å²) in [5, 5.41) is 3.92. The first-order valence-electron chi connectivity index (χ1n) is 9.29. The number of ether oxygens (including phenoxy) is 1. The molecule has 0 aromatic heterocycles. The minimum atomic E-state index is -0.0876. The van der Waals surface area contributed by atoms with Crippen LogP contribution in [0.3, 0.4) is 0 Å². The highest BCUT2D eigenvalue weighted by Crippen LogP contribution is 2.24. The van der Waals surface area contributed by atoms with Crippen LogP contribution in [0.1, 0.15) is 26.7 Å². The van der Waals surface area contributed by atoms with Crippen LogP contribution in [0, 0.1) is 5.92 Å². The summed E-state index contributed by atoms with van der Waals surface area (Å²) in [6, 6.07) is 4.98. The molecule has 2 saturated heterocycles. The van der Waals surface area contributed by atoms with Gasteiger partial charge in [0.25, 0.3) is 0 Å². The van der Waals surface area contributed by atoms with Crippen molar-refractivity contribution in [2.24, 2.45) is 5.92 Å². The highest BCUT2D eigenvalue weighted by atomic mass is 35.5. The zero-order chi connectivity index (χ0) is 18.7. The number of piperidine rings is 1. The lowest BCUT2D eigenvalue weighted by Crippen LogP contribution is -2.49. The number of nitrogens with zero attached hydrogens (tertiary/aromatic N) is 2. The molecule has 2 aliphatic rings. The van der Waals surface area contributed by atoms with Crippen molar-refractivity contribution in [1.82, 2.24) is 9.80 Å². The molecule has 2 heterocycles. The molecule has 26 heavy (non-hydrogen) atoms. The van der Waals surface area contributed by atoms with E-state index in [0.29, 0.717) is 33.9 Å². The predicted octanol–water partition coefficient (Wildman–Crippen LogP) is 4.35. The van der Waals surface area contributed by atoms with Gasteiger partial charge in [-0.3, -0.25) is 4.90 Å². The molecule has 0 radical (unpaired) electrons.